The molecule has 2 aromatic heterocycles. The summed E-state index contributed by atoms with van der Waals surface area (Å²) in [7, 11) is 0. The maximum absolute atomic E-state index is 11.9. The van der Waals surface area contributed by atoms with Gasteiger partial charge in [0.05, 0.1) is 31.8 Å². The molecule has 2 aliphatic heterocycles. The van der Waals surface area contributed by atoms with Crippen LogP contribution in [0.15, 0.2) is 59.3 Å². The van der Waals surface area contributed by atoms with E-state index in [2.05, 4.69) is 15.0 Å². The molecule has 2 bridgehead atoms. The molecule has 0 amide bonds. The number of carboxylic acids is 1. The third kappa shape index (κ3) is 5.24. The number of aromatic carboxylic acids is 1. The van der Waals surface area contributed by atoms with Crippen LogP contribution in [0.1, 0.15) is 71.7 Å². The third-order valence-electron chi connectivity index (χ3n) is 8.81. The Morgan fingerprint density at radius 3 is 2.37 bits per heavy atom. The lowest BCUT2D eigenvalue weighted by molar-refractivity contribution is -0.00314. The second kappa shape index (κ2) is 11.0. The molecular weight excluding hydrogens is 613 g/mol. The van der Waals surface area contributed by atoms with Gasteiger partial charge in [0.2, 0.25) is 0 Å². The fraction of sp³-hybridized carbons (Fsp3) is 0.344. The van der Waals surface area contributed by atoms with E-state index in [1.807, 2.05) is 12.1 Å². The topological polar surface area (TPSA) is 109 Å². The Hall–Kier alpha value is -3.30. The van der Waals surface area contributed by atoms with E-state index in [-0.39, 0.29) is 24.3 Å². The molecule has 2 aromatic carbocycles. The number of anilines is 1. The second-order valence-corrected chi connectivity index (χ2v) is 12.8. The highest BCUT2D eigenvalue weighted by Gasteiger charge is 2.49. The standard InChI is InChI=1S/C32H28Cl3N3O5/c33-24-2-1-3-25(34)28(24)29-22(30(43-37-29)17-4-5-17)16-42-21-8-9-23(26(35)13-21)32(41)14-19-6-7-20(15-32)38(19)27-12-18(31(39)40)10-11-36-27/h1-3,8-13,17,19-20,41H,4-7,14-16H2,(H,39,40)/t19-,20+,32?. The number of fused-ring (bicyclic) bond motifs is 2. The smallest absolute Gasteiger partial charge is 0.335 e. The lowest BCUT2D eigenvalue weighted by Crippen LogP contribution is -2.50. The van der Waals surface area contributed by atoms with E-state index in [1.54, 1.807) is 30.3 Å². The first kappa shape index (κ1) is 28.5. The lowest BCUT2D eigenvalue weighted by Gasteiger charge is -2.45. The summed E-state index contributed by atoms with van der Waals surface area (Å²) in [6.07, 6.45) is 6.24. The van der Waals surface area contributed by atoms with Crippen LogP contribution in [-0.2, 0) is 12.2 Å². The van der Waals surface area contributed by atoms with Crippen molar-refractivity contribution in [2.45, 2.75) is 68.7 Å². The molecule has 1 unspecified atom stereocenters. The highest BCUT2D eigenvalue weighted by molar-refractivity contribution is 6.39. The van der Waals surface area contributed by atoms with Gasteiger partial charge in [-0.1, -0.05) is 52.1 Å². The molecule has 1 saturated carbocycles. The predicted octanol–water partition coefficient (Wildman–Crippen LogP) is 7.87. The first-order valence-electron chi connectivity index (χ1n) is 14.3. The molecule has 11 heteroatoms. The Labute approximate surface area is 263 Å². The maximum atomic E-state index is 11.9. The van der Waals surface area contributed by atoms with Gasteiger partial charge in [0, 0.05) is 48.2 Å². The highest BCUT2D eigenvalue weighted by atomic mass is 35.5. The predicted molar refractivity (Wildman–Crippen MR) is 163 cm³/mol. The SMILES string of the molecule is O=C(O)c1ccnc(N2[C@@H]3CC[C@H]2CC(O)(c2ccc(OCc4c(-c5c(Cl)cccc5Cl)noc4C4CC4)cc2Cl)C3)c1. The number of aromatic nitrogens is 2. The van der Waals surface area contributed by atoms with Gasteiger partial charge < -0.3 is 24.4 Å². The summed E-state index contributed by atoms with van der Waals surface area (Å²) >= 11 is 19.8. The first-order valence-corrected chi connectivity index (χ1v) is 15.4. The van der Waals surface area contributed by atoms with Gasteiger partial charge in [-0.3, -0.25) is 0 Å². The molecule has 3 aliphatic rings. The number of halogens is 3. The van der Waals surface area contributed by atoms with Crippen LogP contribution in [0.3, 0.4) is 0 Å². The monoisotopic (exact) mass is 639 g/mol. The second-order valence-electron chi connectivity index (χ2n) is 11.6. The largest absolute Gasteiger partial charge is 0.489 e. The van der Waals surface area contributed by atoms with Crippen molar-refractivity contribution >= 4 is 46.6 Å². The molecule has 2 saturated heterocycles. The molecule has 1 aliphatic carbocycles. The van der Waals surface area contributed by atoms with Crippen molar-refractivity contribution in [3.8, 4) is 17.0 Å². The van der Waals surface area contributed by atoms with Crippen LogP contribution in [0.5, 0.6) is 5.75 Å². The van der Waals surface area contributed by atoms with E-state index in [4.69, 9.17) is 44.1 Å². The normalized spacial score (nSPS) is 23.0. The van der Waals surface area contributed by atoms with Crippen molar-refractivity contribution in [1.82, 2.24) is 10.1 Å². The summed E-state index contributed by atoms with van der Waals surface area (Å²) in [5.41, 5.74) is 1.70. The molecule has 222 valence electrons. The average Bonchev–Trinajstić information content (AvgIpc) is 3.67. The summed E-state index contributed by atoms with van der Waals surface area (Å²) in [5, 5.41) is 27.0. The summed E-state index contributed by atoms with van der Waals surface area (Å²) in [6.45, 7) is 0.188. The quantitative estimate of drug-likeness (QED) is 0.200. The van der Waals surface area contributed by atoms with Crippen molar-refractivity contribution in [2.75, 3.05) is 4.90 Å². The van der Waals surface area contributed by atoms with Crippen LogP contribution in [0.2, 0.25) is 15.1 Å². The van der Waals surface area contributed by atoms with E-state index in [9.17, 15) is 15.0 Å². The molecule has 0 radical (unpaired) electrons. The maximum Gasteiger partial charge on any atom is 0.335 e. The minimum absolute atomic E-state index is 0.0109. The number of hydrogen-bond donors (Lipinski definition) is 2. The van der Waals surface area contributed by atoms with Gasteiger partial charge in [-0.05, 0) is 62.1 Å². The van der Waals surface area contributed by atoms with Gasteiger partial charge in [-0.15, -0.1) is 0 Å². The van der Waals surface area contributed by atoms with E-state index in [0.717, 1.165) is 37.0 Å². The lowest BCUT2D eigenvalue weighted by atomic mass is 9.80. The Morgan fingerprint density at radius 1 is 1.00 bits per heavy atom. The molecule has 2 N–H and O–H groups in total. The zero-order valence-electron chi connectivity index (χ0n) is 23.0. The third-order valence-corrected chi connectivity index (χ3v) is 9.76. The Balaban J connectivity index is 1.11. The molecule has 3 atom stereocenters. The Bertz CT molecular complexity index is 1690. The number of carboxylic acid groups (broad SMARTS) is 1. The number of nitrogens with zero attached hydrogens (tertiary/aromatic N) is 3. The van der Waals surface area contributed by atoms with Crippen molar-refractivity contribution in [3.63, 3.8) is 0 Å². The number of hydrogen-bond acceptors (Lipinski definition) is 7. The Morgan fingerprint density at radius 2 is 1.72 bits per heavy atom. The summed E-state index contributed by atoms with van der Waals surface area (Å²) in [5.74, 6) is 1.26. The van der Waals surface area contributed by atoms with Crippen molar-refractivity contribution < 1.29 is 24.3 Å². The van der Waals surface area contributed by atoms with Crippen LogP contribution < -0.4 is 9.64 Å². The van der Waals surface area contributed by atoms with Crippen molar-refractivity contribution in [3.05, 3.63) is 92.2 Å². The van der Waals surface area contributed by atoms with Gasteiger partial charge >= 0.3 is 5.97 Å². The summed E-state index contributed by atoms with van der Waals surface area (Å²) in [4.78, 5) is 18.1. The van der Waals surface area contributed by atoms with Crippen LogP contribution in [0, 0.1) is 0 Å². The van der Waals surface area contributed by atoms with E-state index in [1.165, 1.54) is 12.3 Å². The fourth-order valence-electron chi connectivity index (χ4n) is 6.68. The molecule has 7 rings (SSSR count). The van der Waals surface area contributed by atoms with Crippen LogP contribution in [0.25, 0.3) is 11.3 Å². The highest BCUT2D eigenvalue weighted by Crippen LogP contribution is 2.49. The van der Waals surface area contributed by atoms with Crippen molar-refractivity contribution in [1.29, 1.82) is 0 Å². The number of piperidine rings is 1. The van der Waals surface area contributed by atoms with E-state index >= 15 is 0 Å². The zero-order valence-corrected chi connectivity index (χ0v) is 25.2. The molecule has 0 spiro atoms. The summed E-state index contributed by atoms with van der Waals surface area (Å²) in [6, 6.07) is 13.8. The summed E-state index contributed by atoms with van der Waals surface area (Å²) < 4.78 is 12.0. The van der Waals surface area contributed by atoms with Crippen LogP contribution >= 0.6 is 34.8 Å². The average molecular weight is 641 g/mol. The number of carbonyl (C=O) groups is 1. The van der Waals surface area contributed by atoms with Crippen LogP contribution in [0.4, 0.5) is 5.82 Å². The van der Waals surface area contributed by atoms with Gasteiger partial charge in [0.15, 0.2) is 0 Å². The van der Waals surface area contributed by atoms with Gasteiger partial charge in [0.1, 0.15) is 29.6 Å². The minimum Gasteiger partial charge on any atom is -0.489 e. The molecule has 8 nitrogen and oxygen atoms in total. The molecule has 3 fully saturated rings. The molecule has 4 aromatic rings. The van der Waals surface area contributed by atoms with Gasteiger partial charge in [-0.2, -0.15) is 0 Å². The number of rotatable bonds is 8. The van der Waals surface area contributed by atoms with Crippen molar-refractivity contribution in [2.24, 2.45) is 0 Å². The molecular formula is C32H28Cl3N3O5. The molecule has 4 heterocycles. The minimum atomic E-state index is -1.13. The van der Waals surface area contributed by atoms with Gasteiger partial charge in [0.25, 0.3) is 0 Å². The Kier molecular flexibility index (Phi) is 7.29. The number of benzene rings is 2. The number of aliphatic hydroxyl groups is 1. The van der Waals surface area contributed by atoms with E-state index < -0.39 is 11.6 Å². The number of pyridine rings is 1. The van der Waals surface area contributed by atoms with E-state index in [0.29, 0.717) is 62.2 Å². The first-order chi connectivity index (χ1) is 20.7. The zero-order chi connectivity index (χ0) is 29.9. The van der Waals surface area contributed by atoms with Gasteiger partial charge in [-0.25, -0.2) is 9.78 Å². The number of ether oxygens (including phenoxy) is 1. The fourth-order valence-corrected chi connectivity index (χ4v) is 7.60. The molecule has 43 heavy (non-hydrogen) atoms. The van der Waals surface area contributed by atoms with Crippen LogP contribution in [-0.4, -0.2) is 38.4 Å².